The lowest BCUT2D eigenvalue weighted by atomic mass is 9.80. The van der Waals surface area contributed by atoms with Crippen molar-refractivity contribution >= 4 is 37.2 Å². The molecule has 0 atom stereocenters. The van der Waals surface area contributed by atoms with Gasteiger partial charge in [0.05, 0.1) is 0 Å². The number of carboxylic acid groups (broad SMARTS) is 1. The van der Waals surface area contributed by atoms with E-state index in [-0.39, 0.29) is 5.82 Å². The van der Waals surface area contributed by atoms with Crippen molar-refractivity contribution in [3.63, 3.8) is 0 Å². The van der Waals surface area contributed by atoms with Crippen molar-refractivity contribution in [2.75, 3.05) is 0 Å². The van der Waals surface area contributed by atoms with E-state index in [1.807, 2.05) is 0 Å². The predicted molar refractivity (Wildman–Crippen MR) is 68.3 cm³/mol. The Hall–Kier alpha value is -1.97. The van der Waals surface area contributed by atoms with Crippen molar-refractivity contribution < 1.29 is 24.2 Å². The number of hydrogen-bond donors (Lipinski definition) is 1. The van der Waals surface area contributed by atoms with Gasteiger partial charge in [0.25, 0.3) is 0 Å². The molecule has 10 heteroatoms. The van der Waals surface area contributed by atoms with Gasteiger partial charge in [0, 0.05) is 12.8 Å². The van der Waals surface area contributed by atoms with Crippen LogP contribution in [-0.4, -0.2) is 45.8 Å². The molecule has 1 aliphatic carbocycles. The van der Waals surface area contributed by atoms with Gasteiger partial charge in [-0.3, -0.25) is 0 Å². The van der Waals surface area contributed by atoms with Crippen molar-refractivity contribution in [2.45, 2.75) is 31.8 Å². The molecule has 0 spiro atoms. The molecule has 1 saturated carbocycles. The minimum atomic E-state index is -1.35. The van der Waals surface area contributed by atoms with E-state index in [4.69, 9.17) is 18.0 Å². The second kappa shape index (κ2) is 5.57. The quantitative estimate of drug-likeness (QED) is 0.469. The molecule has 0 amide bonds. The van der Waals surface area contributed by atoms with Crippen LogP contribution in [0.5, 0.6) is 0 Å². The summed E-state index contributed by atoms with van der Waals surface area (Å²) >= 11 is 1.04. The van der Waals surface area contributed by atoms with Crippen molar-refractivity contribution in [3.05, 3.63) is 10.8 Å². The van der Waals surface area contributed by atoms with E-state index in [1.165, 1.54) is 0 Å². The highest BCUT2D eigenvalue weighted by atomic mass is 32.1. The Morgan fingerprint density at radius 2 is 2.20 bits per heavy atom. The molecule has 0 saturated heterocycles. The summed E-state index contributed by atoms with van der Waals surface area (Å²) in [7, 11) is 4.83. The monoisotopic (exact) mass is 295 g/mol. The lowest BCUT2D eigenvalue weighted by Crippen LogP contribution is -2.48. The van der Waals surface area contributed by atoms with E-state index in [0.29, 0.717) is 17.8 Å². The van der Waals surface area contributed by atoms with E-state index in [9.17, 15) is 9.59 Å². The smallest absolute Gasteiger partial charge is 0.378 e. The maximum atomic E-state index is 11.5. The zero-order valence-electron chi connectivity index (χ0n) is 10.5. The maximum Gasteiger partial charge on any atom is 0.378 e. The van der Waals surface area contributed by atoms with E-state index < -0.39 is 23.3 Å². The molecule has 0 aliphatic heterocycles. The van der Waals surface area contributed by atoms with Gasteiger partial charge in [-0.05, 0) is 24.9 Å². The molecule has 2 radical (unpaired) electrons. The summed E-state index contributed by atoms with van der Waals surface area (Å²) in [6.45, 7) is 1.68. The summed E-state index contributed by atoms with van der Waals surface area (Å²) < 4.78 is 8.00. The number of hydrogen-bond acceptors (Lipinski definition) is 8. The number of carboxylic acids is 1. The Labute approximate surface area is 119 Å². The van der Waals surface area contributed by atoms with E-state index in [1.54, 1.807) is 6.92 Å². The lowest BCUT2D eigenvalue weighted by Gasteiger charge is -2.35. The molecule has 0 bridgehead atoms. The van der Waals surface area contributed by atoms with Crippen LogP contribution >= 0.6 is 11.5 Å². The molecule has 2 rings (SSSR count). The molecule has 1 heterocycles. The van der Waals surface area contributed by atoms with Crippen LogP contribution in [0.2, 0.25) is 0 Å². The van der Waals surface area contributed by atoms with Crippen LogP contribution in [0.25, 0.3) is 0 Å². The average Bonchev–Trinajstić information content (AvgIpc) is 2.77. The standard InChI is InChI=1S/C10H10BN3O5S/c1-5-12-7(14-20-5)6(8(15)16)13-19-10(3-2-4-10)9(17)18-11/h2-4H2,1H3,(H,15,16)/b13-6-. The highest BCUT2D eigenvalue weighted by Crippen LogP contribution is 2.37. The van der Waals surface area contributed by atoms with Gasteiger partial charge in [-0.25, -0.2) is 14.6 Å². The maximum absolute atomic E-state index is 11.5. The first-order chi connectivity index (χ1) is 9.48. The number of carbonyl (C=O) groups is 2. The van der Waals surface area contributed by atoms with Crippen LogP contribution < -0.4 is 0 Å². The Kier molecular flexibility index (Phi) is 4.02. The van der Waals surface area contributed by atoms with Crippen LogP contribution in [-0.2, 0) is 19.1 Å². The van der Waals surface area contributed by atoms with Gasteiger partial charge in [-0.15, -0.1) is 0 Å². The molecule has 1 aliphatic rings. The average molecular weight is 295 g/mol. The molecule has 8 nitrogen and oxygen atoms in total. The Balaban J connectivity index is 2.22. The van der Waals surface area contributed by atoms with Gasteiger partial charge in [0.1, 0.15) is 5.01 Å². The fourth-order valence-corrected chi connectivity index (χ4v) is 2.12. The zero-order valence-corrected chi connectivity index (χ0v) is 11.3. The summed E-state index contributed by atoms with van der Waals surface area (Å²) in [4.78, 5) is 31.7. The van der Waals surface area contributed by atoms with Crippen molar-refractivity contribution in [2.24, 2.45) is 5.16 Å². The zero-order chi connectivity index (χ0) is 14.8. The number of aromatic nitrogens is 2. The summed E-state index contributed by atoms with van der Waals surface area (Å²) in [5.74, 6) is -2.19. The van der Waals surface area contributed by atoms with Gasteiger partial charge in [0.15, 0.2) is 0 Å². The third-order valence-corrected chi connectivity index (χ3v) is 3.51. The van der Waals surface area contributed by atoms with Crippen LogP contribution in [0, 0.1) is 6.92 Å². The van der Waals surface area contributed by atoms with Crippen molar-refractivity contribution in [1.82, 2.24) is 9.36 Å². The van der Waals surface area contributed by atoms with Gasteiger partial charge in [-0.1, -0.05) is 5.16 Å². The van der Waals surface area contributed by atoms with Crippen LogP contribution in [0.15, 0.2) is 5.16 Å². The van der Waals surface area contributed by atoms with Gasteiger partial charge >= 0.3 is 20.0 Å². The Morgan fingerprint density at radius 1 is 1.50 bits per heavy atom. The first-order valence-corrected chi connectivity index (χ1v) is 6.47. The van der Waals surface area contributed by atoms with Crippen LogP contribution in [0.3, 0.4) is 0 Å². The summed E-state index contributed by atoms with van der Waals surface area (Å²) in [6.07, 6.45) is 1.47. The molecular formula is C10H10BN3O5S. The second-order valence-corrected chi connectivity index (χ2v) is 5.18. The first kappa shape index (κ1) is 14.4. The number of carbonyl (C=O) groups excluding carboxylic acids is 1. The van der Waals surface area contributed by atoms with E-state index >= 15 is 0 Å². The SMILES string of the molecule is [B]OC(=O)C1(O/N=C(\C(=O)O)c2nsc(C)n2)CCC1. The molecule has 0 unspecified atom stereocenters. The normalized spacial score (nSPS) is 17.1. The highest BCUT2D eigenvalue weighted by Gasteiger charge is 2.48. The molecule has 104 valence electrons. The molecule has 20 heavy (non-hydrogen) atoms. The summed E-state index contributed by atoms with van der Waals surface area (Å²) in [5.41, 5.74) is -1.77. The third kappa shape index (κ3) is 2.64. The van der Waals surface area contributed by atoms with Crippen molar-refractivity contribution in [3.8, 4) is 0 Å². The molecule has 0 aromatic carbocycles. The number of nitrogens with zero attached hydrogens (tertiary/aromatic N) is 3. The molecule has 1 aromatic rings. The molecule has 1 aromatic heterocycles. The number of oxime groups is 1. The fourth-order valence-electron chi connectivity index (χ4n) is 1.64. The number of rotatable bonds is 5. The molecule has 1 fully saturated rings. The second-order valence-electron chi connectivity index (χ2n) is 4.23. The van der Waals surface area contributed by atoms with Gasteiger partial charge in [0.2, 0.25) is 17.1 Å². The van der Waals surface area contributed by atoms with Gasteiger partial charge < -0.3 is 14.6 Å². The Morgan fingerprint density at radius 3 is 2.60 bits per heavy atom. The van der Waals surface area contributed by atoms with E-state index in [0.717, 1.165) is 18.0 Å². The Bertz CT molecular complexity index is 569. The van der Waals surface area contributed by atoms with E-state index in [2.05, 4.69) is 19.2 Å². The lowest BCUT2D eigenvalue weighted by molar-refractivity contribution is -0.175. The number of aliphatic carboxylic acids is 1. The predicted octanol–water partition coefficient (Wildman–Crippen LogP) is 0.201. The molecular weight excluding hydrogens is 285 g/mol. The largest absolute Gasteiger partial charge is 0.540 e. The van der Waals surface area contributed by atoms with Crippen LogP contribution in [0.1, 0.15) is 30.1 Å². The van der Waals surface area contributed by atoms with Crippen LogP contribution in [0.4, 0.5) is 0 Å². The highest BCUT2D eigenvalue weighted by molar-refractivity contribution is 7.05. The fraction of sp³-hybridized carbons (Fsp3) is 0.500. The number of aryl methyl sites for hydroxylation is 1. The summed E-state index contributed by atoms with van der Waals surface area (Å²) in [6, 6.07) is 0. The topological polar surface area (TPSA) is 111 Å². The third-order valence-electron chi connectivity index (χ3n) is 2.89. The minimum Gasteiger partial charge on any atom is -0.540 e. The minimum absolute atomic E-state index is 0.0596. The van der Waals surface area contributed by atoms with Gasteiger partial charge in [-0.2, -0.15) is 4.37 Å². The molecule has 1 N–H and O–H groups in total. The van der Waals surface area contributed by atoms with Crippen molar-refractivity contribution in [1.29, 1.82) is 0 Å². The summed E-state index contributed by atoms with van der Waals surface area (Å²) in [5, 5.41) is 13.2. The first-order valence-electron chi connectivity index (χ1n) is 5.70.